The quantitative estimate of drug-likeness (QED) is 0.636. The van der Waals surface area contributed by atoms with Crippen molar-refractivity contribution in [2.75, 3.05) is 0 Å². The molecular weight excluding hydrogens is 204 g/mol. The van der Waals surface area contributed by atoms with Gasteiger partial charge in [-0.3, -0.25) is 4.79 Å². The molecule has 4 aliphatic rings. The lowest BCUT2D eigenvalue weighted by molar-refractivity contribution is -0.149. The minimum Gasteiger partial charge on any atom is -0.344 e. The van der Waals surface area contributed by atoms with Crippen molar-refractivity contribution in [3.63, 3.8) is 0 Å². The van der Waals surface area contributed by atoms with Crippen LogP contribution in [0.25, 0.3) is 0 Å². The second-order valence-corrected chi connectivity index (χ2v) is 5.64. The highest BCUT2D eigenvalue weighted by Gasteiger charge is 2.55. The van der Waals surface area contributed by atoms with Gasteiger partial charge >= 0.3 is 0 Å². The molecule has 0 unspecified atom stereocenters. The molecule has 0 N–H and O–H groups in total. The SMILES string of the molecule is CC(=O)[C@H]1C[C@@H]2C=C[C@H]1[C@H]1OC(C)(C)O[C@H]12. The fourth-order valence-corrected chi connectivity index (χ4v) is 3.40. The highest BCUT2D eigenvalue weighted by Crippen LogP contribution is 2.49. The molecule has 0 aromatic carbocycles. The van der Waals surface area contributed by atoms with E-state index >= 15 is 0 Å². The zero-order chi connectivity index (χ0) is 11.5. The molecule has 0 radical (unpaired) electrons. The molecule has 4 rings (SSSR count). The molecule has 3 aliphatic carbocycles. The van der Waals surface area contributed by atoms with E-state index in [0.717, 1.165) is 6.42 Å². The van der Waals surface area contributed by atoms with Crippen LogP contribution in [0.15, 0.2) is 12.2 Å². The lowest BCUT2D eigenvalue weighted by atomic mass is 9.65. The minimum absolute atomic E-state index is 0.0765. The summed E-state index contributed by atoms with van der Waals surface area (Å²) in [6, 6.07) is 0. The summed E-state index contributed by atoms with van der Waals surface area (Å²) < 4.78 is 11.9. The molecule has 0 spiro atoms. The normalized spacial score (nSPS) is 48.1. The summed E-state index contributed by atoms with van der Waals surface area (Å²) in [6.07, 6.45) is 5.52. The molecule has 2 bridgehead atoms. The summed E-state index contributed by atoms with van der Waals surface area (Å²) in [7, 11) is 0. The number of carbonyl (C=O) groups excluding carboxylic acids is 1. The van der Waals surface area contributed by atoms with Crippen molar-refractivity contribution >= 4 is 5.78 Å². The average Bonchev–Trinajstić information content (AvgIpc) is 2.54. The molecular formula is C13H18O3. The molecule has 88 valence electrons. The second kappa shape index (κ2) is 3.17. The smallest absolute Gasteiger partial charge is 0.163 e. The first-order valence-corrected chi connectivity index (χ1v) is 6.02. The Morgan fingerprint density at radius 2 is 1.94 bits per heavy atom. The number of rotatable bonds is 1. The Kier molecular flexibility index (Phi) is 2.08. The van der Waals surface area contributed by atoms with Crippen LogP contribution in [0.4, 0.5) is 0 Å². The topological polar surface area (TPSA) is 35.5 Å². The Balaban J connectivity index is 1.92. The number of hydrogen-bond acceptors (Lipinski definition) is 3. The summed E-state index contributed by atoms with van der Waals surface area (Å²) >= 11 is 0. The third-order valence-electron chi connectivity index (χ3n) is 4.06. The first-order valence-electron chi connectivity index (χ1n) is 6.02. The van der Waals surface area contributed by atoms with Crippen molar-refractivity contribution in [2.24, 2.45) is 17.8 Å². The van der Waals surface area contributed by atoms with Gasteiger partial charge in [-0.05, 0) is 27.2 Å². The van der Waals surface area contributed by atoms with Gasteiger partial charge < -0.3 is 9.47 Å². The first-order chi connectivity index (χ1) is 7.48. The van der Waals surface area contributed by atoms with Gasteiger partial charge in [0.1, 0.15) is 5.78 Å². The van der Waals surface area contributed by atoms with E-state index in [1.54, 1.807) is 6.92 Å². The van der Waals surface area contributed by atoms with Crippen molar-refractivity contribution < 1.29 is 14.3 Å². The molecule has 16 heavy (non-hydrogen) atoms. The number of fused-ring (bicyclic) bond motifs is 1. The van der Waals surface area contributed by atoms with Crippen molar-refractivity contribution in [3.8, 4) is 0 Å². The number of Topliss-reactive ketones (excluding diaryl/α,β-unsaturated/α-hetero) is 1. The van der Waals surface area contributed by atoms with Gasteiger partial charge in [0.25, 0.3) is 0 Å². The summed E-state index contributed by atoms with van der Waals surface area (Å²) in [4.78, 5) is 11.6. The maximum atomic E-state index is 11.6. The van der Waals surface area contributed by atoms with Gasteiger partial charge in [0.2, 0.25) is 0 Å². The van der Waals surface area contributed by atoms with Crippen LogP contribution in [0.2, 0.25) is 0 Å². The average molecular weight is 222 g/mol. The third-order valence-corrected chi connectivity index (χ3v) is 4.06. The van der Waals surface area contributed by atoms with Crippen LogP contribution in [0.1, 0.15) is 27.2 Å². The monoisotopic (exact) mass is 222 g/mol. The van der Waals surface area contributed by atoms with E-state index in [1.165, 1.54) is 0 Å². The van der Waals surface area contributed by atoms with E-state index in [0.29, 0.717) is 5.92 Å². The lowest BCUT2D eigenvalue weighted by Crippen LogP contribution is -2.49. The molecule has 1 saturated carbocycles. The van der Waals surface area contributed by atoms with E-state index in [2.05, 4.69) is 12.2 Å². The largest absolute Gasteiger partial charge is 0.344 e. The molecule has 0 amide bonds. The molecule has 1 saturated heterocycles. The Bertz CT molecular complexity index is 358. The number of ketones is 1. The van der Waals surface area contributed by atoms with Gasteiger partial charge in [-0.15, -0.1) is 0 Å². The van der Waals surface area contributed by atoms with Crippen molar-refractivity contribution in [3.05, 3.63) is 12.2 Å². The van der Waals surface area contributed by atoms with E-state index in [1.807, 2.05) is 13.8 Å². The van der Waals surface area contributed by atoms with Gasteiger partial charge in [-0.2, -0.15) is 0 Å². The number of carbonyl (C=O) groups is 1. The van der Waals surface area contributed by atoms with Crippen LogP contribution in [0.5, 0.6) is 0 Å². The van der Waals surface area contributed by atoms with E-state index in [-0.39, 0.29) is 29.8 Å². The molecule has 5 atom stereocenters. The van der Waals surface area contributed by atoms with E-state index < -0.39 is 5.79 Å². The Labute approximate surface area is 95.8 Å². The third kappa shape index (κ3) is 1.38. The molecule has 3 heteroatoms. The summed E-state index contributed by atoms with van der Waals surface area (Å²) in [6.45, 7) is 5.59. The fourth-order valence-electron chi connectivity index (χ4n) is 3.40. The van der Waals surface area contributed by atoms with Gasteiger partial charge in [-0.1, -0.05) is 12.2 Å². The van der Waals surface area contributed by atoms with Crippen LogP contribution in [-0.4, -0.2) is 23.8 Å². The minimum atomic E-state index is -0.496. The standard InChI is InChI=1S/C13H18O3/c1-7(14)10-6-8-4-5-9(10)12-11(8)15-13(2,3)16-12/h4-5,8-12H,6H2,1-3H3/t8-,9+,10+,11-,12+/m0/s1. The Morgan fingerprint density at radius 1 is 1.25 bits per heavy atom. The molecule has 0 aromatic rings. The maximum Gasteiger partial charge on any atom is 0.163 e. The zero-order valence-electron chi connectivity index (χ0n) is 9.97. The Hall–Kier alpha value is -0.670. The molecule has 2 fully saturated rings. The van der Waals surface area contributed by atoms with Gasteiger partial charge in [0.15, 0.2) is 5.79 Å². The van der Waals surface area contributed by atoms with Gasteiger partial charge in [-0.25, -0.2) is 0 Å². The van der Waals surface area contributed by atoms with E-state index in [9.17, 15) is 4.79 Å². The van der Waals surface area contributed by atoms with Crippen LogP contribution in [0.3, 0.4) is 0 Å². The number of ether oxygens (including phenoxy) is 2. The summed E-state index contributed by atoms with van der Waals surface area (Å²) in [5.41, 5.74) is 0. The molecule has 1 heterocycles. The van der Waals surface area contributed by atoms with Crippen LogP contribution < -0.4 is 0 Å². The van der Waals surface area contributed by atoms with Crippen LogP contribution in [-0.2, 0) is 14.3 Å². The fraction of sp³-hybridized carbons (Fsp3) is 0.769. The molecule has 0 aromatic heterocycles. The Morgan fingerprint density at radius 3 is 2.62 bits per heavy atom. The van der Waals surface area contributed by atoms with Gasteiger partial charge in [0, 0.05) is 17.8 Å². The van der Waals surface area contributed by atoms with Crippen molar-refractivity contribution in [1.29, 1.82) is 0 Å². The highest BCUT2D eigenvalue weighted by molar-refractivity contribution is 5.79. The van der Waals surface area contributed by atoms with Crippen LogP contribution in [0, 0.1) is 17.8 Å². The molecule has 1 aliphatic heterocycles. The van der Waals surface area contributed by atoms with E-state index in [4.69, 9.17) is 9.47 Å². The summed E-state index contributed by atoms with van der Waals surface area (Å²) in [5.74, 6) is 0.489. The van der Waals surface area contributed by atoms with Crippen LogP contribution >= 0.6 is 0 Å². The predicted octanol–water partition coefficient (Wildman–Crippen LogP) is 1.92. The highest BCUT2D eigenvalue weighted by atomic mass is 16.8. The first kappa shape index (κ1) is 10.5. The zero-order valence-corrected chi connectivity index (χ0v) is 9.97. The summed E-state index contributed by atoms with van der Waals surface area (Å²) in [5, 5.41) is 0. The van der Waals surface area contributed by atoms with Crippen molar-refractivity contribution in [2.45, 2.75) is 45.2 Å². The van der Waals surface area contributed by atoms with Gasteiger partial charge in [0.05, 0.1) is 12.2 Å². The molecule has 3 nitrogen and oxygen atoms in total. The lowest BCUT2D eigenvalue weighted by Gasteiger charge is -2.43. The van der Waals surface area contributed by atoms with Crippen molar-refractivity contribution in [1.82, 2.24) is 0 Å². The second-order valence-electron chi connectivity index (χ2n) is 5.64. The predicted molar refractivity (Wildman–Crippen MR) is 58.7 cm³/mol. The number of hydrogen-bond donors (Lipinski definition) is 0. The maximum absolute atomic E-state index is 11.6.